The number of phenols is 1. The van der Waals surface area contributed by atoms with Crippen LogP contribution < -0.4 is 0 Å². The van der Waals surface area contributed by atoms with Gasteiger partial charge in [0.25, 0.3) is 5.69 Å². The van der Waals surface area contributed by atoms with Gasteiger partial charge < -0.3 is 5.11 Å². The average Bonchev–Trinajstić information content (AvgIpc) is 2.08. The van der Waals surface area contributed by atoms with Crippen molar-refractivity contribution in [2.75, 3.05) is 0 Å². The monoisotopic (exact) mass is 177 g/mol. The number of non-ortho nitro benzene ring substituents is 1. The third kappa shape index (κ3) is 1.97. The zero-order chi connectivity index (χ0) is 9.84. The normalized spacial score (nSPS) is 9.15. The maximum atomic E-state index is 10.3. The Morgan fingerprint density at radius 1 is 1.62 bits per heavy atom. The van der Waals surface area contributed by atoms with E-state index < -0.39 is 4.92 Å². The molecule has 1 aromatic rings. The molecular formula is C9H7NO3. The Bertz CT molecular complexity index is 379. The van der Waals surface area contributed by atoms with E-state index in [-0.39, 0.29) is 17.9 Å². The lowest BCUT2D eigenvalue weighted by Crippen LogP contribution is -1.90. The topological polar surface area (TPSA) is 63.4 Å². The lowest BCUT2D eigenvalue weighted by atomic mass is 10.1. The van der Waals surface area contributed by atoms with Gasteiger partial charge in [-0.2, -0.15) is 0 Å². The quantitative estimate of drug-likeness (QED) is 0.422. The highest BCUT2D eigenvalue weighted by molar-refractivity contribution is 5.44. The molecule has 0 aliphatic rings. The van der Waals surface area contributed by atoms with Crippen LogP contribution >= 0.6 is 0 Å². The molecule has 0 amide bonds. The molecule has 4 nitrogen and oxygen atoms in total. The number of rotatable bonds is 2. The lowest BCUT2D eigenvalue weighted by Gasteiger charge is -1.99. The largest absolute Gasteiger partial charge is 0.508 e. The van der Waals surface area contributed by atoms with Gasteiger partial charge in [0.1, 0.15) is 5.75 Å². The van der Waals surface area contributed by atoms with Gasteiger partial charge in [-0.25, -0.2) is 0 Å². The Morgan fingerprint density at radius 3 is 2.85 bits per heavy atom. The molecule has 0 saturated heterocycles. The zero-order valence-electron chi connectivity index (χ0n) is 6.73. The first kappa shape index (κ1) is 9.07. The number of benzene rings is 1. The van der Waals surface area contributed by atoms with Crippen molar-refractivity contribution in [3.63, 3.8) is 0 Å². The van der Waals surface area contributed by atoms with Crippen LogP contribution in [0.25, 0.3) is 0 Å². The number of nitrogens with zero attached hydrogens (tertiary/aromatic N) is 1. The lowest BCUT2D eigenvalue weighted by molar-refractivity contribution is -0.384. The van der Waals surface area contributed by atoms with Crippen molar-refractivity contribution >= 4 is 5.69 Å². The standard InChI is InChI=1S/C9H7NO3/c1-2-3-7-6-8(10(12)13)4-5-9(7)11/h1,4-6,11H,3H2. The van der Waals surface area contributed by atoms with E-state index in [0.717, 1.165) is 0 Å². The molecule has 0 saturated carbocycles. The number of hydrogen-bond acceptors (Lipinski definition) is 3. The Balaban J connectivity index is 3.12. The first-order valence-electron chi connectivity index (χ1n) is 3.55. The summed E-state index contributed by atoms with van der Waals surface area (Å²) in [4.78, 5) is 9.81. The first-order valence-corrected chi connectivity index (χ1v) is 3.55. The molecule has 0 heterocycles. The average molecular weight is 177 g/mol. The maximum Gasteiger partial charge on any atom is 0.270 e. The minimum atomic E-state index is -0.528. The van der Waals surface area contributed by atoms with Gasteiger partial charge in [-0.3, -0.25) is 10.1 Å². The zero-order valence-corrected chi connectivity index (χ0v) is 6.73. The van der Waals surface area contributed by atoms with Gasteiger partial charge in [0.05, 0.1) is 4.92 Å². The van der Waals surface area contributed by atoms with E-state index in [1.807, 2.05) is 0 Å². The number of nitro benzene ring substituents is 1. The van der Waals surface area contributed by atoms with Gasteiger partial charge in [0.15, 0.2) is 0 Å². The second-order valence-corrected chi connectivity index (χ2v) is 2.45. The molecule has 1 aromatic carbocycles. The summed E-state index contributed by atoms with van der Waals surface area (Å²) in [5, 5.41) is 19.6. The first-order chi connectivity index (χ1) is 6.15. The molecule has 0 fully saturated rings. The van der Waals surface area contributed by atoms with E-state index in [1.165, 1.54) is 18.2 Å². The van der Waals surface area contributed by atoms with E-state index >= 15 is 0 Å². The van der Waals surface area contributed by atoms with Crippen molar-refractivity contribution in [1.29, 1.82) is 0 Å². The smallest absolute Gasteiger partial charge is 0.270 e. The molecule has 66 valence electrons. The number of nitro groups is 1. The van der Waals surface area contributed by atoms with Crippen LogP contribution in [0, 0.1) is 22.5 Å². The molecule has 0 spiro atoms. The summed E-state index contributed by atoms with van der Waals surface area (Å²) in [7, 11) is 0. The van der Waals surface area contributed by atoms with E-state index in [4.69, 9.17) is 6.42 Å². The van der Waals surface area contributed by atoms with Crippen molar-refractivity contribution in [2.24, 2.45) is 0 Å². The van der Waals surface area contributed by atoms with Crippen molar-refractivity contribution in [1.82, 2.24) is 0 Å². The van der Waals surface area contributed by atoms with Crippen LogP contribution in [0.1, 0.15) is 5.56 Å². The van der Waals surface area contributed by atoms with Crippen LogP contribution in [-0.4, -0.2) is 10.0 Å². The van der Waals surface area contributed by atoms with E-state index in [9.17, 15) is 15.2 Å². The van der Waals surface area contributed by atoms with Gasteiger partial charge >= 0.3 is 0 Å². The number of terminal acetylenes is 1. The third-order valence-corrected chi connectivity index (χ3v) is 1.57. The molecule has 4 heteroatoms. The van der Waals surface area contributed by atoms with Crippen molar-refractivity contribution in [3.05, 3.63) is 33.9 Å². The Hall–Kier alpha value is -2.02. The third-order valence-electron chi connectivity index (χ3n) is 1.57. The van der Waals surface area contributed by atoms with Crippen LogP contribution in [-0.2, 0) is 6.42 Å². The van der Waals surface area contributed by atoms with Crippen LogP contribution in [0.2, 0.25) is 0 Å². The minimum Gasteiger partial charge on any atom is -0.508 e. The van der Waals surface area contributed by atoms with Gasteiger partial charge in [-0.15, -0.1) is 12.3 Å². The molecule has 0 aromatic heterocycles. The molecule has 0 radical (unpaired) electrons. The predicted molar refractivity (Wildman–Crippen MR) is 47.3 cm³/mol. The minimum absolute atomic E-state index is 0.0106. The van der Waals surface area contributed by atoms with Crippen molar-refractivity contribution in [3.8, 4) is 18.1 Å². The van der Waals surface area contributed by atoms with E-state index in [2.05, 4.69) is 5.92 Å². The van der Waals surface area contributed by atoms with E-state index in [0.29, 0.717) is 5.56 Å². The summed E-state index contributed by atoms with van der Waals surface area (Å²) < 4.78 is 0. The van der Waals surface area contributed by atoms with Crippen LogP contribution in [0.5, 0.6) is 5.75 Å². The molecule has 0 bridgehead atoms. The number of aromatic hydroxyl groups is 1. The second kappa shape index (κ2) is 3.59. The highest BCUT2D eigenvalue weighted by atomic mass is 16.6. The second-order valence-electron chi connectivity index (χ2n) is 2.45. The predicted octanol–water partition coefficient (Wildman–Crippen LogP) is 1.48. The number of phenolic OH excluding ortho intramolecular Hbond substituents is 1. The highest BCUT2D eigenvalue weighted by Gasteiger charge is 2.08. The summed E-state index contributed by atoms with van der Waals surface area (Å²) in [5.74, 6) is 2.30. The van der Waals surface area contributed by atoms with Crippen LogP contribution in [0.3, 0.4) is 0 Å². The summed E-state index contributed by atoms with van der Waals surface area (Å²) in [6.07, 6.45) is 5.21. The molecular weight excluding hydrogens is 170 g/mol. The highest BCUT2D eigenvalue weighted by Crippen LogP contribution is 2.22. The molecule has 0 aliphatic heterocycles. The van der Waals surface area contributed by atoms with Crippen molar-refractivity contribution < 1.29 is 10.0 Å². The molecule has 0 atom stereocenters. The van der Waals surface area contributed by atoms with Gasteiger partial charge in [-0.05, 0) is 6.07 Å². The SMILES string of the molecule is C#CCc1cc([N+](=O)[O-])ccc1O. The molecule has 1 rings (SSSR count). The Morgan fingerprint density at radius 2 is 2.31 bits per heavy atom. The fourth-order valence-corrected chi connectivity index (χ4v) is 0.937. The fraction of sp³-hybridized carbons (Fsp3) is 0.111. The number of hydrogen-bond donors (Lipinski definition) is 1. The van der Waals surface area contributed by atoms with Crippen LogP contribution in [0.15, 0.2) is 18.2 Å². The summed E-state index contributed by atoms with van der Waals surface area (Å²) in [6.45, 7) is 0. The summed E-state index contributed by atoms with van der Waals surface area (Å²) in [6, 6.07) is 3.77. The maximum absolute atomic E-state index is 10.3. The molecule has 0 aliphatic carbocycles. The van der Waals surface area contributed by atoms with Crippen LogP contribution in [0.4, 0.5) is 5.69 Å². The molecule has 0 unspecified atom stereocenters. The summed E-state index contributed by atoms with van der Waals surface area (Å²) >= 11 is 0. The van der Waals surface area contributed by atoms with Gasteiger partial charge in [0, 0.05) is 24.1 Å². The molecule has 1 N–H and O–H groups in total. The molecule has 13 heavy (non-hydrogen) atoms. The summed E-state index contributed by atoms with van der Waals surface area (Å²) in [5.41, 5.74) is 0.333. The van der Waals surface area contributed by atoms with Gasteiger partial charge in [-0.1, -0.05) is 0 Å². The Labute approximate surface area is 75.0 Å². The van der Waals surface area contributed by atoms with Gasteiger partial charge in [0.2, 0.25) is 0 Å². The van der Waals surface area contributed by atoms with Crippen molar-refractivity contribution in [2.45, 2.75) is 6.42 Å². The van der Waals surface area contributed by atoms with E-state index in [1.54, 1.807) is 0 Å². The fourth-order valence-electron chi connectivity index (χ4n) is 0.937. The Kier molecular flexibility index (Phi) is 2.50.